The number of nitrogens with one attached hydrogen (secondary N) is 2. The Morgan fingerprint density at radius 2 is 1.93 bits per heavy atom. The molecule has 8 heteroatoms. The van der Waals surface area contributed by atoms with Gasteiger partial charge < -0.3 is 15.2 Å². The van der Waals surface area contributed by atoms with Crippen LogP contribution in [0.25, 0.3) is 0 Å². The number of piperidine rings is 1. The lowest BCUT2D eigenvalue weighted by molar-refractivity contribution is 0.147. The molecule has 0 bridgehead atoms. The molecule has 0 aliphatic carbocycles. The second kappa shape index (κ2) is 12.6. The number of hydrogen-bond donors (Lipinski definition) is 2. The van der Waals surface area contributed by atoms with E-state index in [9.17, 15) is 0 Å². The first-order valence-electron chi connectivity index (χ1n) is 11.0. The number of nitrogens with zero attached hydrogens (tertiary/aromatic N) is 5. The predicted octanol–water partition coefficient (Wildman–Crippen LogP) is 2.94. The van der Waals surface area contributed by atoms with E-state index in [0.29, 0.717) is 6.54 Å². The SMILES string of the molecule is CCNC(=NCc1nnc2n1CCCCC2)NCCN1CCCCC1CC.I. The second-order valence-corrected chi connectivity index (χ2v) is 7.71. The molecule has 2 aliphatic rings. The van der Waals surface area contributed by atoms with Crippen LogP contribution in [-0.2, 0) is 19.5 Å². The summed E-state index contributed by atoms with van der Waals surface area (Å²) in [6.07, 6.45) is 10.1. The highest BCUT2D eigenvalue weighted by atomic mass is 127. The Balaban J connectivity index is 0.00000280. The first kappa shape index (κ1) is 23.4. The maximum Gasteiger partial charge on any atom is 0.191 e. The third-order valence-electron chi connectivity index (χ3n) is 5.82. The first-order chi connectivity index (χ1) is 13.3. The molecule has 0 amide bonds. The van der Waals surface area contributed by atoms with Crippen LogP contribution in [0.1, 0.15) is 70.4 Å². The maximum absolute atomic E-state index is 4.77. The standard InChI is InChI=1S/C20H37N7.HI/c1-3-17-10-7-9-13-26(17)15-12-22-20(21-4-2)23-16-19-25-24-18-11-6-5-8-14-27(18)19;/h17H,3-16H2,1-2H3,(H2,21,22,23);1H. The van der Waals surface area contributed by atoms with Crippen molar-refractivity contribution in [1.29, 1.82) is 0 Å². The minimum Gasteiger partial charge on any atom is -0.357 e. The molecular weight excluding hydrogens is 465 g/mol. The Kier molecular flexibility index (Phi) is 10.5. The lowest BCUT2D eigenvalue weighted by Gasteiger charge is -2.35. The normalized spacial score (nSPS) is 20.8. The molecule has 3 rings (SSSR count). The van der Waals surface area contributed by atoms with Crippen molar-refractivity contribution < 1.29 is 0 Å². The largest absolute Gasteiger partial charge is 0.357 e. The van der Waals surface area contributed by atoms with E-state index in [4.69, 9.17) is 4.99 Å². The van der Waals surface area contributed by atoms with Gasteiger partial charge >= 0.3 is 0 Å². The molecule has 1 atom stereocenters. The van der Waals surface area contributed by atoms with Crippen LogP contribution < -0.4 is 10.6 Å². The minimum absolute atomic E-state index is 0. The molecule has 1 aromatic rings. The van der Waals surface area contributed by atoms with Crippen LogP contribution in [0, 0.1) is 0 Å². The summed E-state index contributed by atoms with van der Waals surface area (Å²) < 4.78 is 2.28. The molecule has 1 aromatic heterocycles. The highest BCUT2D eigenvalue weighted by molar-refractivity contribution is 14.0. The Morgan fingerprint density at radius 3 is 2.75 bits per heavy atom. The number of aliphatic imine (C=N–C) groups is 1. The molecule has 160 valence electrons. The Bertz CT molecular complexity index is 601. The highest BCUT2D eigenvalue weighted by Crippen LogP contribution is 2.18. The molecule has 3 heterocycles. The van der Waals surface area contributed by atoms with Gasteiger partial charge in [-0.05, 0) is 45.6 Å². The van der Waals surface area contributed by atoms with Crippen molar-refractivity contribution in [3.8, 4) is 0 Å². The molecule has 1 unspecified atom stereocenters. The molecule has 0 aromatic carbocycles. The van der Waals surface area contributed by atoms with Crippen LogP contribution in [0.4, 0.5) is 0 Å². The van der Waals surface area contributed by atoms with E-state index < -0.39 is 0 Å². The molecule has 1 fully saturated rings. The highest BCUT2D eigenvalue weighted by Gasteiger charge is 2.20. The lowest BCUT2D eigenvalue weighted by Crippen LogP contribution is -2.45. The van der Waals surface area contributed by atoms with Crippen LogP contribution >= 0.6 is 24.0 Å². The minimum atomic E-state index is 0. The van der Waals surface area contributed by atoms with Gasteiger partial charge in [0.05, 0.1) is 0 Å². The number of halogens is 1. The topological polar surface area (TPSA) is 70.4 Å². The molecule has 2 N–H and O–H groups in total. The van der Waals surface area contributed by atoms with Crippen LogP contribution in [-0.4, -0.2) is 57.8 Å². The monoisotopic (exact) mass is 503 g/mol. The van der Waals surface area contributed by atoms with E-state index in [-0.39, 0.29) is 24.0 Å². The van der Waals surface area contributed by atoms with E-state index in [1.54, 1.807) is 0 Å². The third kappa shape index (κ3) is 6.57. The summed E-state index contributed by atoms with van der Waals surface area (Å²) in [7, 11) is 0. The fourth-order valence-electron chi connectivity index (χ4n) is 4.29. The van der Waals surface area contributed by atoms with Crippen LogP contribution in [0.2, 0.25) is 0 Å². The van der Waals surface area contributed by atoms with E-state index in [2.05, 4.69) is 44.1 Å². The molecule has 7 nitrogen and oxygen atoms in total. The number of hydrogen-bond acceptors (Lipinski definition) is 4. The summed E-state index contributed by atoms with van der Waals surface area (Å²) in [6.45, 7) is 10.2. The van der Waals surface area contributed by atoms with Gasteiger partial charge in [0, 0.05) is 38.6 Å². The zero-order valence-corrected chi connectivity index (χ0v) is 20.0. The van der Waals surface area contributed by atoms with Crippen molar-refractivity contribution in [2.45, 2.75) is 84.3 Å². The van der Waals surface area contributed by atoms with Gasteiger partial charge in [-0.15, -0.1) is 34.2 Å². The number of aryl methyl sites for hydroxylation is 1. The van der Waals surface area contributed by atoms with E-state index in [0.717, 1.165) is 56.3 Å². The van der Waals surface area contributed by atoms with Crippen LogP contribution in [0.5, 0.6) is 0 Å². The summed E-state index contributed by atoms with van der Waals surface area (Å²) in [4.78, 5) is 7.41. The van der Waals surface area contributed by atoms with Crippen LogP contribution in [0.3, 0.4) is 0 Å². The van der Waals surface area contributed by atoms with E-state index in [1.807, 2.05) is 0 Å². The zero-order chi connectivity index (χ0) is 18.9. The Morgan fingerprint density at radius 1 is 1.07 bits per heavy atom. The lowest BCUT2D eigenvalue weighted by atomic mass is 10.0. The number of guanidine groups is 1. The average Bonchev–Trinajstić information content (AvgIpc) is 2.92. The van der Waals surface area contributed by atoms with Gasteiger partial charge in [-0.1, -0.05) is 19.8 Å². The summed E-state index contributed by atoms with van der Waals surface area (Å²) in [5, 5.41) is 15.6. The number of likely N-dealkylation sites (tertiary alicyclic amines) is 1. The second-order valence-electron chi connectivity index (χ2n) is 7.71. The summed E-state index contributed by atoms with van der Waals surface area (Å²) in [6, 6.07) is 0.756. The summed E-state index contributed by atoms with van der Waals surface area (Å²) in [5.41, 5.74) is 0. The van der Waals surface area contributed by atoms with Crippen molar-refractivity contribution in [2.75, 3.05) is 26.2 Å². The fourth-order valence-corrected chi connectivity index (χ4v) is 4.29. The van der Waals surface area contributed by atoms with Gasteiger partial charge in [0.25, 0.3) is 0 Å². The number of fused-ring (bicyclic) bond motifs is 1. The smallest absolute Gasteiger partial charge is 0.191 e. The Labute approximate surface area is 187 Å². The van der Waals surface area contributed by atoms with Crippen molar-refractivity contribution in [3.05, 3.63) is 11.6 Å². The van der Waals surface area contributed by atoms with E-state index in [1.165, 1.54) is 51.5 Å². The number of rotatable bonds is 7. The van der Waals surface area contributed by atoms with Gasteiger partial charge in [0.1, 0.15) is 12.4 Å². The van der Waals surface area contributed by atoms with Gasteiger partial charge in [-0.2, -0.15) is 0 Å². The summed E-state index contributed by atoms with van der Waals surface area (Å²) in [5.74, 6) is 3.01. The quantitative estimate of drug-likeness (QED) is 0.340. The molecule has 0 radical (unpaired) electrons. The van der Waals surface area contributed by atoms with E-state index >= 15 is 0 Å². The van der Waals surface area contributed by atoms with Crippen LogP contribution in [0.15, 0.2) is 4.99 Å². The average molecular weight is 503 g/mol. The Hall–Kier alpha value is -0.900. The molecule has 28 heavy (non-hydrogen) atoms. The molecule has 0 spiro atoms. The summed E-state index contributed by atoms with van der Waals surface area (Å²) >= 11 is 0. The first-order valence-corrected chi connectivity index (χ1v) is 11.0. The van der Waals surface area contributed by atoms with Crippen molar-refractivity contribution in [1.82, 2.24) is 30.3 Å². The number of aromatic nitrogens is 3. The van der Waals surface area contributed by atoms with Crippen molar-refractivity contribution in [2.24, 2.45) is 4.99 Å². The molecule has 0 saturated carbocycles. The van der Waals surface area contributed by atoms with Crippen molar-refractivity contribution in [3.63, 3.8) is 0 Å². The molecule has 2 aliphatic heterocycles. The maximum atomic E-state index is 4.77. The fraction of sp³-hybridized carbons (Fsp3) is 0.850. The van der Waals surface area contributed by atoms with Gasteiger partial charge in [-0.3, -0.25) is 4.90 Å². The van der Waals surface area contributed by atoms with Crippen molar-refractivity contribution >= 4 is 29.9 Å². The zero-order valence-electron chi connectivity index (χ0n) is 17.6. The van der Waals surface area contributed by atoms with Gasteiger partial charge in [-0.25, -0.2) is 4.99 Å². The van der Waals surface area contributed by atoms with Gasteiger partial charge in [0.15, 0.2) is 11.8 Å². The molecule has 1 saturated heterocycles. The third-order valence-corrected chi connectivity index (χ3v) is 5.82. The molecular formula is C20H38IN7. The predicted molar refractivity (Wildman–Crippen MR) is 125 cm³/mol. The van der Waals surface area contributed by atoms with Gasteiger partial charge in [0.2, 0.25) is 0 Å².